The number of nitrogens with one attached hydrogen (secondary N) is 1. The number of phenolic OH excluding ortho intramolecular Hbond substituents is 1. The SMILES string of the molecule is O=C(O)c1ccc(Nc2ccccc2O)cc1. The Balaban J connectivity index is 2.20. The lowest BCUT2D eigenvalue weighted by Gasteiger charge is -2.08. The second kappa shape index (κ2) is 4.57. The van der Waals surface area contributed by atoms with Gasteiger partial charge in [0.2, 0.25) is 0 Å². The number of rotatable bonds is 3. The Morgan fingerprint density at radius 2 is 1.65 bits per heavy atom. The molecule has 0 aliphatic rings. The molecule has 0 spiro atoms. The molecule has 0 radical (unpaired) electrons. The number of carboxylic acid groups (broad SMARTS) is 1. The number of hydrogen-bond donors (Lipinski definition) is 3. The number of anilines is 2. The topological polar surface area (TPSA) is 69.6 Å². The molecule has 0 saturated heterocycles. The van der Waals surface area contributed by atoms with E-state index < -0.39 is 5.97 Å². The summed E-state index contributed by atoms with van der Waals surface area (Å²) >= 11 is 0. The third kappa shape index (κ3) is 2.55. The summed E-state index contributed by atoms with van der Waals surface area (Å²) in [6, 6.07) is 13.1. The standard InChI is InChI=1S/C13H11NO3/c15-12-4-2-1-3-11(12)14-10-7-5-9(6-8-10)13(16)17/h1-8,14-15H,(H,16,17). The van der Waals surface area contributed by atoms with Crippen LogP contribution in [0.1, 0.15) is 10.4 Å². The van der Waals surface area contributed by atoms with Crippen molar-refractivity contribution >= 4 is 17.3 Å². The Labute approximate surface area is 98.2 Å². The normalized spacial score (nSPS) is 9.88. The number of para-hydroxylation sites is 2. The van der Waals surface area contributed by atoms with Crippen LogP contribution in [0.5, 0.6) is 5.75 Å². The van der Waals surface area contributed by atoms with Gasteiger partial charge in [-0.05, 0) is 36.4 Å². The van der Waals surface area contributed by atoms with Gasteiger partial charge in [-0.25, -0.2) is 4.79 Å². The fourth-order valence-corrected chi connectivity index (χ4v) is 1.43. The first-order valence-corrected chi connectivity index (χ1v) is 5.05. The van der Waals surface area contributed by atoms with Crippen LogP contribution >= 0.6 is 0 Å². The van der Waals surface area contributed by atoms with Crippen molar-refractivity contribution in [3.8, 4) is 5.75 Å². The van der Waals surface area contributed by atoms with Crippen molar-refractivity contribution in [3.05, 3.63) is 54.1 Å². The van der Waals surface area contributed by atoms with E-state index in [1.54, 1.807) is 36.4 Å². The number of aromatic hydroxyl groups is 1. The van der Waals surface area contributed by atoms with Crippen molar-refractivity contribution in [2.45, 2.75) is 0 Å². The average molecular weight is 229 g/mol. The van der Waals surface area contributed by atoms with E-state index >= 15 is 0 Å². The molecule has 17 heavy (non-hydrogen) atoms. The zero-order chi connectivity index (χ0) is 12.3. The third-order valence-corrected chi connectivity index (χ3v) is 2.31. The molecule has 0 atom stereocenters. The van der Waals surface area contributed by atoms with Crippen LogP contribution < -0.4 is 5.32 Å². The first-order chi connectivity index (χ1) is 8.16. The van der Waals surface area contributed by atoms with Gasteiger partial charge in [-0.1, -0.05) is 12.1 Å². The third-order valence-electron chi connectivity index (χ3n) is 2.31. The second-order valence-corrected chi connectivity index (χ2v) is 3.52. The summed E-state index contributed by atoms with van der Waals surface area (Å²) < 4.78 is 0. The van der Waals surface area contributed by atoms with Crippen LogP contribution in [0.25, 0.3) is 0 Å². The molecule has 0 bridgehead atoms. The molecule has 2 rings (SSSR count). The molecule has 0 amide bonds. The van der Waals surface area contributed by atoms with Gasteiger partial charge in [-0.3, -0.25) is 0 Å². The van der Waals surface area contributed by atoms with Crippen molar-refractivity contribution in [2.75, 3.05) is 5.32 Å². The Morgan fingerprint density at radius 3 is 2.24 bits per heavy atom. The fourth-order valence-electron chi connectivity index (χ4n) is 1.43. The molecule has 0 heterocycles. The number of aromatic carboxylic acids is 1. The average Bonchev–Trinajstić information content (AvgIpc) is 2.33. The lowest BCUT2D eigenvalue weighted by Crippen LogP contribution is -1.96. The maximum Gasteiger partial charge on any atom is 0.335 e. The van der Waals surface area contributed by atoms with E-state index in [1.807, 2.05) is 0 Å². The lowest BCUT2D eigenvalue weighted by atomic mass is 10.2. The highest BCUT2D eigenvalue weighted by molar-refractivity contribution is 5.88. The van der Waals surface area contributed by atoms with Gasteiger partial charge in [0, 0.05) is 5.69 Å². The van der Waals surface area contributed by atoms with Crippen LogP contribution in [-0.2, 0) is 0 Å². The molecule has 4 heteroatoms. The summed E-state index contributed by atoms with van der Waals surface area (Å²) in [6.07, 6.45) is 0. The van der Waals surface area contributed by atoms with Gasteiger partial charge in [0.1, 0.15) is 5.75 Å². The minimum atomic E-state index is -0.959. The lowest BCUT2D eigenvalue weighted by molar-refractivity contribution is 0.0697. The number of carboxylic acids is 1. The molecule has 0 aliphatic heterocycles. The minimum absolute atomic E-state index is 0.148. The van der Waals surface area contributed by atoms with Crippen molar-refractivity contribution in [2.24, 2.45) is 0 Å². The monoisotopic (exact) mass is 229 g/mol. The highest BCUT2D eigenvalue weighted by atomic mass is 16.4. The predicted molar refractivity (Wildman–Crippen MR) is 64.8 cm³/mol. The first kappa shape index (κ1) is 11.0. The van der Waals surface area contributed by atoms with Crippen LogP contribution in [0.3, 0.4) is 0 Å². The van der Waals surface area contributed by atoms with Gasteiger partial charge in [0.05, 0.1) is 11.3 Å². The molecule has 86 valence electrons. The zero-order valence-corrected chi connectivity index (χ0v) is 8.92. The van der Waals surface area contributed by atoms with E-state index in [4.69, 9.17) is 5.11 Å². The quantitative estimate of drug-likeness (QED) is 0.708. The molecule has 0 unspecified atom stereocenters. The summed E-state index contributed by atoms with van der Waals surface area (Å²) in [5.41, 5.74) is 1.53. The first-order valence-electron chi connectivity index (χ1n) is 5.05. The zero-order valence-electron chi connectivity index (χ0n) is 8.92. The van der Waals surface area contributed by atoms with E-state index in [2.05, 4.69) is 5.32 Å². The van der Waals surface area contributed by atoms with Crippen LogP contribution in [-0.4, -0.2) is 16.2 Å². The van der Waals surface area contributed by atoms with E-state index in [0.29, 0.717) is 5.69 Å². The fraction of sp³-hybridized carbons (Fsp3) is 0. The van der Waals surface area contributed by atoms with Crippen LogP contribution in [0.15, 0.2) is 48.5 Å². The molecule has 0 aliphatic carbocycles. The summed E-state index contributed by atoms with van der Waals surface area (Å²) in [6.45, 7) is 0. The van der Waals surface area contributed by atoms with Gasteiger partial charge < -0.3 is 15.5 Å². The number of benzene rings is 2. The summed E-state index contributed by atoms with van der Waals surface area (Å²) in [7, 11) is 0. The largest absolute Gasteiger partial charge is 0.506 e. The Bertz CT molecular complexity index is 535. The molecule has 4 nitrogen and oxygen atoms in total. The highest BCUT2D eigenvalue weighted by Gasteiger charge is 2.03. The number of hydrogen-bond acceptors (Lipinski definition) is 3. The van der Waals surface area contributed by atoms with Crippen molar-refractivity contribution in [1.82, 2.24) is 0 Å². The molecule has 0 aromatic heterocycles. The molecular weight excluding hydrogens is 218 g/mol. The predicted octanol–water partition coefficient (Wildman–Crippen LogP) is 2.83. The van der Waals surface area contributed by atoms with Crippen molar-refractivity contribution in [1.29, 1.82) is 0 Å². The van der Waals surface area contributed by atoms with E-state index in [0.717, 1.165) is 5.69 Å². The highest BCUT2D eigenvalue weighted by Crippen LogP contribution is 2.25. The number of carbonyl (C=O) groups is 1. The van der Waals surface area contributed by atoms with Gasteiger partial charge in [0.25, 0.3) is 0 Å². The Morgan fingerprint density at radius 1 is 1.00 bits per heavy atom. The molecule has 0 saturated carbocycles. The van der Waals surface area contributed by atoms with Crippen LogP contribution in [0.2, 0.25) is 0 Å². The second-order valence-electron chi connectivity index (χ2n) is 3.52. The van der Waals surface area contributed by atoms with E-state index in [9.17, 15) is 9.90 Å². The summed E-state index contributed by atoms with van der Waals surface area (Å²) in [5, 5.41) is 21.3. The van der Waals surface area contributed by atoms with E-state index in [-0.39, 0.29) is 11.3 Å². The van der Waals surface area contributed by atoms with Gasteiger partial charge in [0.15, 0.2) is 0 Å². The summed E-state index contributed by atoms with van der Waals surface area (Å²) in [4.78, 5) is 10.7. The molecule has 3 N–H and O–H groups in total. The maximum atomic E-state index is 10.7. The van der Waals surface area contributed by atoms with Crippen molar-refractivity contribution in [3.63, 3.8) is 0 Å². The number of phenols is 1. The van der Waals surface area contributed by atoms with Crippen molar-refractivity contribution < 1.29 is 15.0 Å². The Kier molecular flexibility index (Phi) is 2.96. The molecule has 2 aromatic carbocycles. The van der Waals surface area contributed by atoms with Gasteiger partial charge in [-0.2, -0.15) is 0 Å². The molecular formula is C13H11NO3. The van der Waals surface area contributed by atoms with E-state index in [1.165, 1.54) is 12.1 Å². The maximum absolute atomic E-state index is 10.7. The van der Waals surface area contributed by atoms with Crippen LogP contribution in [0.4, 0.5) is 11.4 Å². The Hall–Kier alpha value is -2.49. The minimum Gasteiger partial charge on any atom is -0.506 e. The van der Waals surface area contributed by atoms with Gasteiger partial charge >= 0.3 is 5.97 Å². The smallest absolute Gasteiger partial charge is 0.335 e. The van der Waals surface area contributed by atoms with Gasteiger partial charge in [-0.15, -0.1) is 0 Å². The molecule has 0 fully saturated rings. The summed E-state index contributed by atoms with van der Waals surface area (Å²) in [5.74, 6) is -0.811. The molecule has 2 aromatic rings. The van der Waals surface area contributed by atoms with Crippen LogP contribution in [0, 0.1) is 0 Å².